The van der Waals surface area contributed by atoms with Crippen molar-refractivity contribution in [1.82, 2.24) is 4.72 Å². The molecular weight excluding hydrogens is 204 g/mol. The van der Waals surface area contributed by atoms with Crippen LogP contribution in [0.5, 0.6) is 0 Å². The molecule has 0 heterocycles. The Morgan fingerprint density at radius 1 is 1.43 bits per heavy atom. The fourth-order valence-corrected chi connectivity index (χ4v) is 1.58. The Hall–Kier alpha value is -0.620. The number of hydrogen-bond donors (Lipinski definition) is 2. The second kappa shape index (κ2) is 5.98. The topological polar surface area (TPSA) is 89.3 Å². The predicted molar refractivity (Wildman–Crippen MR) is 55.1 cm³/mol. The van der Waals surface area contributed by atoms with Gasteiger partial charge >= 0.3 is 0 Å². The van der Waals surface area contributed by atoms with Crippen LogP contribution in [0.1, 0.15) is 26.2 Å². The van der Waals surface area contributed by atoms with Gasteiger partial charge in [-0.25, -0.2) is 8.42 Å². The average Bonchev–Trinajstić information content (AvgIpc) is 1.98. The zero-order valence-electron chi connectivity index (χ0n) is 8.62. The first-order chi connectivity index (χ1) is 6.35. The van der Waals surface area contributed by atoms with Crippen molar-refractivity contribution in [2.75, 3.05) is 12.8 Å². The van der Waals surface area contributed by atoms with Crippen LogP contribution in [0.4, 0.5) is 0 Å². The van der Waals surface area contributed by atoms with E-state index in [0.29, 0.717) is 18.9 Å². The summed E-state index contributed by atoms with van der Waals surface area (Å²) >= 11 is 0. The molecule has 5 nitrogen and oxygen atoms in total. The Kier molecular flexibility index (Phi) is 5.71. The van der Waals surface area contributed by atoms with Crippen LogP contribution in [0.2, 0.25) is 0 Å². The van der Waals surface area contributed by atoms with Crippen LogP contribution in [-0.2, 0) is 14.8 Å². The van der Waals surface area contributed by atoms with E-state index in [1.165, 1.54) is 0 Å². The van der Waals surface area contributed by atoms with E-state index in [9.17, 15) is 13.2 Å². The van der Waals surface area contributed by atoms with Crippen LogP contribution in [-0.4, -0.2) is 27.1 Å². The Bertz CT molecular complexity index is 274. The Morgan fingerprint density at radius 3 is 2.43 bits per heavy atom. The molecule has 0 aliphatic carbocycles. The third-order valence-electron chi connectivity index (χ3n) is 1.82. The summed E-state index contributed by atoms with van der Waals surface area (Å²) in [5.74, 6) is -0.0957. The fraction of sp³-hybridized carbons (Fsp3) is 0.875. The van der Waals surface area contributed by atoms with Crippen LogP contribution in [0.3, 0.4) is 0 Å². The molecule has 84 valence electrons. The lowest BCUT2D eigenvalue weighted by Gasteiger charge is -2.08. The second-order valence-corrected chi connectivity index (χ2v) is 5.27. The maximum absolute atomic E-state index is 11.0. The van der Waals surface area contributed by atoms with Crippen LogP contribution in [0, 0.1) is 5.92 Å². The first-order valence-electron chi connectivity index (χ1n) is 4.56. The molecular formula is C8H18N2O3S. The van der Waals surface area contributed by atoms with Gasteiger partial charge in [-0.15, -0.1) is 0 Å². The first kappa shape index (κ1) is 13.4. The summed E-state index contributed by atoms with van der Waals surface area (Å²) in [5, 5.41) is 0. The highest BCUT2D eigenvalue weighted by Crippen LogP contribution is 2.08. The smallest absolute Gasteiger partial charge is 0.233 e. The van der Waals surface area contributed by atoms with Gasteiger partial charge in [0, 0.05) is 6.42 Å². The molecule has 0 aliphatic rings. The molecule has 0 radical (unpaired) electrons. The number of sulfonamides is 1. The average molecular weight is 222 g/mol. The molecule has 0 saturated heterocycles. The quantitative estimate of drug-likeness (QED) is 0.653. The van der Waals surface area contributed by atoms with Gasteiger partial charge in [-0.1, -0.05) is 6.92 Å². The van der Waals surface area contributed by atoms with Gasteiger partial charge in [0.1, 0.15) is 0 Å². The van der Waals surface area contributed by atoms with Gasteiger partial charge in [-0.3, -0.25) is 9.52 Å². The first-order valence-corrected chi connectivity index (χ1v) is 6.45. The van der Waals surface area contributed by atoms with Gasteiger partial charge in [0.05, 0.1) is 6.26 Å². The largest absolute Gasteiger partial charge is 0.330 e. The molecule has 0 rings (SSSR count). The Morgan fingerprint density at radius 2 is 2.00 bits per heavy atom. The van der Waals surface area contributed by atoms with E-state index in [1.54, 1.807) is 0 Å². The molecule has 3 N–H and O–H groups in total. The molecule has 1 atom stereocenters. The van der Waals surface area contributed by atoms with Crippen molar-refractivity contribution >= 4 is 15.9 Å². The third kappa shape index (κ3) is 8.00. The van der Waals surface area contributed by atoms with Gasteiger partial charge in [-0.2, -0.15) is 0 Å². The zero-order chi connectivity index (χ0) is 11.2. The highest BCUT2D eigenvalue weighted by molar-refractivity contribution is 7.89. The number of nitrogens with one attached hydrogen (secondary N) is 1. The molecule has 0 spiro atoms. The minimum absolute atomic E-state index is 0.230. The van der Waals surface area contributed by atoms with Crippen molar-refractivity contribution in [3.05, 3.63) is 0 Å². The summed E-state index contributed by atoms with van der Waals surface area (Å²) in [5.41, 5.74) is 5.34. The lowest BCUT2D eigenvalue weighted by molar-refractivity contribution is -0.119. The number of hydrogen-bond acceptors (Lipinski definition) is 4. The second-order valence-electron chi connectivity index (χ2n) is 3.52. The number of carbonyl (C=O) groups excluding carboxylic acids is 1. The fourth-order valence-electron chi connectivity index (χ4n) is 1.06. The summed E-state index contributed by atoms with van der Waals surface area (Å²) in [6, 6.07) is 0. The molecule has 0 saturated carbocycles. The van der Waals surface area contributed by atoms with Crippen molar-refractivity contribution in [2.45, 2.75) is 26.2 Å². The van der Waals surface area contributed by atoms with E-state index in [4.69, 9.17) is 5.73 Å². The zero-order valence-corrected chi connectivity index (χ0v) is 9.43. The normalized spacial score (nSPS) is 13.6. The van der Waals surface area contributed by atoms with E-state index in [-0.39, 0.29) is 6.42 Å². The molecule has 0 aliphatic heterocycles. The minimum Gasteiger partial charge on any atom is -0.330 e. The van der Waals surface area contributed by atoms with E-state index in [0.717, 1.165) is 12.7 Å². The van der Waals surface area contributed by atoms with E-state index in [1.807, 2.05) is 11.6 Å². The summed E-state index contributed by atoms with van der Waals surface area (Å²) in [6.07, 6.45) is 2.72. The minimum atomic E-state index is -3.41. The molecule has 6 heteroatoms. The summed E-state index contributed by atoms with van der Waals surface area (Å²) < 4.78 is 23.2. The highest BCUT2D eigenvalue weighted by atomic mass is 32.2. The Balaban J connectivity index is 3.75. The number of nitrogens with two attached hydrogens (primary N) is 1. The molecule has 0 fully saturated rings. The van der Waals surface area contributed by atoms with E-state index in [2.05, 4.69) is 0 Å². The van der Waals surface area contributed by atoms with Gasteiger partial charge in [0.15, 0.2) is 0 Å². The van der Waals surface area contributed by atoms with Crippen molar-refractivity contribution < 1.29 is 13.2 Å². The molecule has 0 aromatic rings. The highest BCUT2D eigenvalue weighted by Gasteiger charge is 2.09. The number of rotatable bonds is 6. The monoisotopic (exact) mass is 222 g/mol. The molecule has 0 aromatic heterocycles. The molecule has 0 aromatic carbocycles. The Labute approximate surface area is 85.1 Å². The SMILES string of the molecule is CC(CCN)CCC(=O)NS(C)(=O)=O. The molecule has 1 amide bonds. The number of carbonyl (C=O) groups is 1. The van der Waals surface area contributed by atoms with Gasteiger partial charge in [0.25, 0.3) is 0 Å². The number of amides is 1. The van der Waals surface area contributed by atoms with Crippen LogP contribution >= 0.6 is 0 Å². The van der Waals surface area contributed by atoms with Crippen molar-refractivity contribution in [3.8, 4) is 0 Å². The maximum atomic E-state index is 11.0. The van der Waals surface area contributed by atoms with Gasteiger partial charge in [0.2, 0.25) is 15.9 Å². The van der Waals surface area contributed by atoms with Gasteiger partial charge < -0.3 is 5.73 Å². The maximum Gasteiger partial charge on any atom is 0.233 e. The summed E-state index contributed by atoms with van der Waals surface area (Å²) in [7, 11) is -3.41. The van der Waals surface area contributed by atoms with Crippen LogP contribution in [0.25, 0.3) is 0 Å². The van der Waals surface area contributed by atoms with Crippen molar-refractivity contribution in [2.24, 2.45) is 11.7 Å². The van der Waals surface area contributed by atoms with Crippen molar-refractivity contribution in [3.63, 3.8) is 0 Å². The third-order valence-corrected chi connectivity index (χ3v) is 2.42. The molecule has 14 heavy (non-hydrogen) atoms. The van der Waals surface area contributed by atoms with Crippen molar-refractivity contribution in [1.29, 1.82) is 0 Å². The lowest BCUT2D eigenvalue weighted by Crippen LogP contribution is -2.29. The molecule has 1 unspecified atom stereocenters. The van der Waals surface area contributed by atoms with E-state index < -0.39 is 15.9 Å². The summed E-state index contributed by atoms with van der Waals surface area (Å²) in [4.78, 5) is 11.0. The van der Waals surface area contributed by atoms with Crippen LogP contribution in [0.15, 0.2) is 0 Å². The van der Waals surface area contributed by atoms with Crippen LogP contribution < -0.4 is 10.5 Å². The molecule has 0 bridgehead atoms. The lowest BCUT2D eigenvalue weighted by atomic mass is 10.0. The van der Waals surface area contributed by atoms with E-state index >= 15 is 0 Å². The standard InChI is InChI=1S/C8H18N2O3S/c1-7(5-6-9)3-4-8(11)10-14(2,12)13/h7H,3-6,9H2,1-2H3,(H,10,11). The van der Waals surface area contributed by atoms with Gasteiger partial charge in [-0.05, 0) is 25.3 Å². The predicted octanol–water partition coefficient (Wildman–Crippen LogP) is -0.173. The summed E-state index contributed by atoms with van der Waals surface area (Å²) in [6.45, 7) is 2.58.